The van der Waals surface area contributed by atoms with Crippen molar-refractivity contribution in [3.05, 3.63) is 11.9 Å². The van der Waals surface area contributed by atoms with E-state index in [1.807, 2.05) is 0 Å². The summed E-state index contributed by atoms with van der Waals surface area (Å²) in [6, 6.07) is -0.203. The van der Waals surface area contributed by atoms with Gasteiger partial charge < -0.3 is 15.7 Å². The Labute approximate surface area is 110 Å². The van der Waals surface area contributed by atoms with Crippen LogP contribution in [-0.2, 0) is 6.54 Å². The smallest absolute Gasteiger partial charge is 0.358 e. The summed E-state index contributed by atoms with van der Waals surface area (Å²) in [6.07, 6.45) is 4.97. The average Bonchev–Trinajstić information content (AvgIpc) is 2.76. The maximum Gasteiger partial charge on any atom is 0.358 e. The number of hydrogen-bond donors (Lipinski definition) is 3. The van der Waals surface area contributed by atoms with Gasteiger partial charge in [0.15, 0.2) is 5.69 Å². The van der Waals surface area contributed by atoms with Crippen molar-refractivity contribution in [1.82, 2.24) is 25.6 Å². The molecule has 3 N–H and O–H groups in total. The maximum atomic E-state index is 11.4. The number of aromatic nitrogens is 3. The molecule has 19 heavy (non-hydrogen) atoms. The van der Waals surface area contributed by atoms with Crippen LogP contribution in [0.1, 0.15) is 29.8 Å². The van der Waals surface area contributed by atoms with Crippen molar-refractivity contribution in [1.29, 1.82) is 0 Å². The van der Waals surface area contributed by atoms with Crippen LogP contribution < -0.4 is 10.6 Å². The molecule has 1 aromatic heterocycles. The maximum absolute atomic E-state index is 11.4. The molecule has 0 bridgehead atoms. The standard InChI is InChI=1S/C11H17N5O3/c17-10(18)9-7-16(15-14-9)5-4-12-11(19)13-6-8-2-1-3-8/h7-8H,1-6H2,(H,17,18)(H2,12,13,19). The first-order valence-corrected chi connectivity index (χ1v) is 6.30. The van der Waals surface area contributed by atoms with Gasteiger partial charge in [-0.15, -0.1) is 5.10 Å². The minimum Gasteiger partial charge on any atom is -0.476 e. The van der Waals surface area contributed by atoms with Gasteiger partial charge in [0, 0.05) is 13.1 Å². The van der Waals surface area contributed by atoms with E-state index < -0.39 is 5.97 Å². The van der Waals surface area contributed by atoms with E-state index in [1.54, 1.807) is 0 Å². The van der Waals surface area contributed by atoms with E-state index in [0.717, 1.165) is 6.54 Å². The number of carbonyl (C=O) groups is 2. The monoisotopic (exact) mass is 267 g/mol. The second-order valence-corrected chi connectivity index (χ2v) is 4.61. The normalized spacial score (nSPS) is 14.7. The lowest BCUT2D eigenvalue weighted by molar-refractivity contribution is 0.0690. The highest BCUT2D eigenvalue weighted by Gasteiger charge is 2.17. The third kappa shape index (κ3) is 3.94. The minimum atomic E-state index is -1.11. The third-order valence-electron chi connectivity index (χ3n) is 3.16. The number of carboxylic acids is 1. The minimum absolute atomic E-state index is 0.102. The SMILES string of the molecule is O=C(NCCn1cc(C(=O)O)nn1)NCC1CCC1. The van der Waals surface area contributed by atoms with Crippen molar-refractivity contribution in [3.63, 3.8) is 0 Å². The second-order valence-electron chi connectivity index (χ2n) is 4.61. The molecule has 1 aliphatic carbocycles. The van der Waals surface area contributed by atoms with Gasteiger partial charge in [-0.2, -0.15) is 0 Å². The van der Waals surface area contributed by atoms with E-state index in [2.05, 4.69) is 20.9 Å². The third-order valence-corrected chi connectivity index (χ3v) is 3.16. The van der Waals surface area contributed by atoms with Crippen LogP contribution in [0.2, 0.25) is 0 Å². The lowest BCUT2D eigenvalue weighted by atomic mass is 9.85. The molecule has 0 atom stereocenters. The van der Waals surface area contributed by atoms with Gasteiger partial charge in [-0.3, -0.25) is 0 Å². The van der Waals surface area contributed by atoms with Gasteiger partial charge in [0.2, 0.25) is 0 Å². The molecular formula is C11H17N5O3. The Balaban J connectivity index is 1.61. The molecule has 1 aliphatic rings. The molecule has 0 radical (unpaired) electrons. The van der Waals surface area contributed by atoms with Crippen molar-refractivity contribution in [2.24, 2.45) is 5.92 Å². The van der Waals surface area contributed by atoms with Crippen LogP contribution >= 0.6 is 0 Å². The molecular weight excluding hydrogens is 250 g/mol. The van der Waals surface area contributed by atoms with Gasteiger partial charge in [0.1, 0.15) is 0 Å². The van der Waals surface area contributed by atoms with Crippen molar-refractivity contribution in [2.75, 3.05) is 13.1 Å². The highest BCUT2D eigenvalue weighted by Crippen LogP contribution is 2.24. The molecule has 1 fully saturated rings. The van der Waals surface area contributed by atoms with Crippen molar-refractivity contribution >= 4 is 12.0 Å². The van der Waals surface area contributed by atoms with E-state index in [-0.39, 0.29) is 11.7 Å². The summed E-state index contributed by atoms with van der Waals surface area (Å²) in [5, 5.41) is 21.3. The summed E-state index contributed by atoms with van der Waals surface area (Å²) < 4.78 is 1.38. The van der Waals surface area contributed by atoms with Gasteiger partial charge >= 0.3 is 12.0 Å². The molecule has 1 heterocycles. The Hall–Kier alpha value is -2.12. The second kappa shape index (κ2) is 6.17. The molecule has 8 nitrogen and oxygen atoms in total. The Kier molecular flexibility index (Phi) is 4.32. The zero-order valence-electron chi connectivity index (χ0n) is 10.5. The molecule has 0 aromatic carbocycles. The molecule has 0 spiro atoms. The van der Waals surface area contributed by atoms with Gasteiger partial charge in [0.05, 0.1) is 12.7 Å². The number of nitrogens with zero attached hydrogens (tertiary/aromatic N) is 3. The number of nitrogens with one attached hydrogen (secondary N) is 2. The fraction of sp³-hybridized carbons (Fsp3) is 0.636. The number of rotatable bonds is 6. The topological polar surface area (TPSA) is 109 Å². The molecule has 0 aliphatic heterocycles. The lowest BCUT2D eigenvalue weighted by Crippen LogP contribution is -2.40. The summed E-state index contributed by atoms with van der Waals surface area (Å²) in [4.78, 5) is 22.0. The molecule has 1 aromatic rings. The first-order valence-electron chi connectivity index (χ1n) is 6.30. The summed E-state index contributed by atoms with van der Waals surface area (Å²) in [5.41, 5.74) is -0.102. The van der Waals surface area contributed by atoms with Gasteiger partial charge in [-0.05, 0) is 18.8 Å². The Morgan fingerprint density at radius 1 is 1.42 bits per heavy atom. The number of hydrogen-bond acceptors (Lipinski definition) is 4. The number of carbonyl (C=O) groups excluding carboxylic acids is 1. The van der Waals surface area contributed by atoms with Crippen molar-refractivity contribution in [3.8, 4) is 0 Å². The lowest BCUT2D eigenvalue weighted by Gasteiger charge is -2.25. The number of amides is 2. The van der Waals surface area contributed by atoms with Crippen LogP contribution in [0.5, 0.6) is 0 Å². The Morgan fingerprint density at radius 2 is 2.21 bits per heavy atom. The molecule has 2 rings (SSSR count). The predicted molar refractivity (Wildman–Crippen MR) is 65.7 cm³/mol. The van der Waals surface area contributed by atoms with Crippen LogP contribution in [0.25, 0.3) is 0 Å². The van der Waals surface area contributed by atoms with E-state index >= 15 is 0 Å². The van der Waals surface area contributed by atoms with Gasteiger partial charge in [-0.25, -0.2) is 14.3 Å². The summed E-state index contributed by atoms with van der Waals surface area (Å²) >= 11 is 0. The molecule has 1 saturated carbocycles. The first kappa shape index (κ1) is 13.3. The molecule has 2 amide bonds. The van der Waals surface area contributed by atoms with E-state index in [4.69, 9.17) is 5.11 Å². The number of carboxylic acid groups (broad SMARTS) is 1. The Morgan fingerprint density at radius 3 is 2.79 bits per heavy atom. The largest absolute Gasteiger partial charge is 0.476 e. The van der Waals surface area contributed by atoms with Crippen LogP contribution in [0.4, 0.5) is 4.79 Å². The zero-order valence-corrected chi connectivity index (χ0v) is 10.5. The fourth-order valence-corrected chi connectivity index (χ4v) is 1.79. The Bertz CT molecular complexity index is 455. The van der Waals surface area contributed by atoms with Crippen LogP contribution in [0.15, 0.2) is 6.20 Å². The predicted octanol–water partition coefficient (Wildman–Crippen LogP) is 0.0756. The zero-order chi connectivity index (χ0) is 13.7. The number of aromatic carboxylic acids is 1. The highest BCUT2D eigenvalue weighted by atomic mass is 16.4. The van der Waals surface area contributed by atoms with Crippen molar-refractivity contribution in [2.45, 2.75) is 25.8 Å². The fourth-order valence-electron chi connectivity index (χ4n) is 1.79. The van der Waals surface area contributed by atoms with E-state index in [1.165, 1.54) is 30.1 Å². The van der Waals surface area contributed by atoms with Gasteiger partial charge in [0.25, 0.3) is 0 Å². The first-order chi connectivity index (χ1) is 9.15. The van der Waals surface area contributed by atoms with Crippen LogP contribution in [-0.4, -0.2) is 45.2 Å². The van der Waals surface area contributed by atoms with Crippen LogP contribution in [0, 0.1) is 5.92 Å². The van der Waals surface area contributed by atoms with Gasteiger partial charge in [-0.1, -0.05) is 11.6 Å². The van der Waals surface area contributed by atoms with Crippen LogP contribution in [0.3, 0.4) is 0 Å². The summed E-state index contributed by atoms with van der Waals surface area (Å²) in [6.45, 7) is 1.48. The summed E-state index contributed by atoms with van der Waals surface area (Å²) in [7, 11) is 0. The van der Waals surface area contributed by atoms with E-state index in [0.29, 0.717) is 19.0 Å². The van der Waals surface area contributed by atoms with E-state index in [9.17, 15) is 9.59 Å². The average molecular weight is 267 g/mol. The molecule has 0 saturated heterocycles. The molecule has 0 unspecified atom stereocenters. The van der Waals surface area contributed by atoms with Crippen molar-refractivity contribution < 1.29 is 14.7 Å². The number of urea groups is 1. The summed E-state index contributed by atoms with van der Waals surface area (Å²) in [5.74, 6) is -0.489. The molecule has 8 heteroatoms. The molecule has 104 valence electrons. The highest BCUT2D eigenvalue weighted by molar-refractivity contribution is 5.84. The quantitative estimate of drug-likeness (QED) is 0.676.